The van der Waals surface area contributed by atoms with Crippen LogP contribution in [0.3, 0.4) is 0 Å². The zero-order valence-corrected chi connectivity index (χ0v) is 14.1. The molecule has 7 heteroatoms. The molecule has 0 aliphatic rings. The average Bonchev–Trinajstić information content (AvgIpc) is 2.58. The molecule has 0 aliphatic heterocycles. The number of amides is 1. The minimum absolute atomic E-state index is 0.290. The highest BCUT2D eigenvalue weighted by atomic mass is 35.5. The van der Waals surface area contributed by atoms with Crippen LogP contribution in [-0.2, 0) is 0 Å². The first-order valence-electron chi connectivity index (χ1n) is 7.11. The summed E-state index contributed by atoms with van der Waals surface area (Å²) in [6.07, 6.45) is 1.15. The number of carbonyl (C=O) groups excluding carboxylic acids is 1. The molecule has 0 radical (unpaired) electrons. The van der Waals surface area contributed by atoms with Crippen molar-refractivity contribution < 1.29 is 10.0 Å². The Hall–Kier alpha value is -2.70. The third-order valence-electron chi connectivity index (χ3n) is 3.08. The largest absolute Gasteiger partial charge is 0.411 e. The molecule has 124 valence electrons. The van der Waals surface area contributed by atoms with Gasteiger partial charge in [-0.15, -0.1) is 0 Å². The standard InChI is InChI=1S/C17H17ClN4O2/c1-21(2)22(17(23)13-7-4-3-5-8-13)20-16(12-19-24)14-9-6-10-15(18)11-14/h3-12,24H,1-2H3. The predicted molar refractivity (Wildman–Crippen MR) is 94.6 cm³/mol. The summed E-state index contributed by atoms with van der Waals surface area (Å²) < 4.78 is 0. The molecule has 1 N–H and O–H groups in total. The van der Waals surface area contributed by atoms with E-state index in [0.717, 1.165) is 6.21 Å². The molecule has 0 atom stereocenters. The van der Waals surface area contributed by atoms with E-state index in [-0.39, 0.29) is 11.6 Å². The summed E-state index contributed by atoms with van der Waals surface area (Å²) in [4.78, 5) is 12.7. The van der Waals surface area contributed by atoms with Gasteiger partial charge in [-0.2, -0.15) is 10.2 Å². The fourth-order valence-electron chi connectivity index (χ4n) is 1.98. The van der Waals surface area contributed by atoms with Crippen LogP contribution in [0.1, 0.15) is 15.9 Å². The number of hydrazone groups is 1. The van der Waals surface area contributed by atoms with Crippen LogP contribution < -0.4 is 0 Å². The number of hydrogen-bond acceptors (Lipinski definition) is 5. The number of halogens is 1. The Labute approximate surface area is 145 Å². The van der Waals surface area contributed by atoms with Gasteiger partial charge in [-0.1, -0.05) is 47.1 Å². The van der Waals surface area contributed by atoms with Crippen molar-refractivity contribution in [3.8, 4) is 0 Å². The Kier molecular flexibility index (Phi) is 6.06. The molecule has 0 aliphatic carbocycles. The molecule has 2 aromatic carbocycles. The second-order valence-electron chi connectivity index (χ2n) is 5.05. The van der Waals surface area contributed by atoms with Crippen LogP contribution in [0, 0.1) is 0 Å². The van der Waals surface area contributed by atoms with Crippen molar-refractivity contribution in [1.82, 2.24) is 10.1 Å². The van der Waals surface area contributed by atoms with Gasteiger partial charge in [-0.25, -0.2) is 5.01 Å². The molecule has 0 aromatic heterocycles. The van der Waals surface area contributed by atoms with E-state index in [9.17, 15) is 4.79 Å². The quantitative estimate of drug-likeness (QED) is 0.514. The lowest BCUT2D eigenvalue weighted by Crippen LogP contribution is -2.38. The zero-order valence-electron chi connectivity index (χ0n) is 13.3. The Balaban J connectivity index is 2.45. The number of hydrazine groups is 1. The Morgan fingerprint density at radius 1 is 1.08 bits per heavy atom. The van der Waals surface area contributed by atoms with Crippen LogP contribution in [0.2, 0.25) is 5.02 Å². The topological polar surface area (TPSA) is 68.5 Å². The Morgan fingerprint density at radius 3 is 2.33 bits per heavy atom. The highest BCUT2D eigenvalue weighted by Crippen LogP contribution is 2.13. The van der Waals surface area contributed by atoms with Gasteiger partial charge in [-0.3, -0.25) is 4.79 Å². The number of benzene rings is 2. The lowest BCUT2D eigenvalue weighted by Gasteiger charge is -2.24. The van der Waals surface area contributed by atoms with Crippen LogP contribution in [0.15, 0.2) is 64.9 Å². The minimum Gasteiger partial charge on any atom is -0.411 e. The molecule has 1 amide bonds. The van der Waals surface area contributed by atoms with E-state index in [0.29, 0.717) is 16.1 Å². The van der Waals surface area contributed by atoms with E-state index in [1.54, 1.807) is 62.6 Å². The molecular formula is C17H17ClN4O2. The van der Waals surface area contributed by atoms with E-state index in [4.69, 9.17) is 16.8 Å². The third-order valence-corrected chi connectivity index (χ3v) is 3.32. The van der Waals surface area contributed by atoms with Crippen molar-refractivity contribution in [1.29, 1.82) is 0 Å². The normalized spacial score (nSPS) is 11.9. The SMILES string of the molecule is CN(C)N(N=C(C=NO)c1cccc(Cl)c1)C(=O)c1ccccc1. The maximum atomic E-state index is 12.7. The molecule has 0 saturated carbocycles. The molecule has 2 rings (SSSR count). The van der Waals surface area contributed by atoms with Crippen molar-refractivity contribution in [2.24, 2.45) is 10.3 Å². The molecule has 0 spiro atoms. The fourth-order valence-corrected chi connectivity index (χ4v) is 2.17. The highest BCUT2D eigenvalue weighted by Gasteiger charge is 2.18. The molecule has 0 heterocycles. The Bertz CT molecular complexity index is 760. The summed E-state index contributed by atoms with van der Waals surface area (Å²) in [5.41, 5.74) is 1.40. The number of carbonyl (C=O) groups is 1. The van der Waals surface area contributed by atoms with Crippen LogP contribution in [0.5, 0.6) is 0 Å². The first kappa shape index (κ1) is 17.7. The van der Waals surface area contributed by atoms with E-state index < -0.39 is 0 Å². The molecule has 24 heavy (non-hydrogen) atoms. The van der Waals surface area contributed by atoms with E-state index in [2.05, 4.69) is 10.3 Å². The predicted octanol–water partition coefficient (Wildman–Crippen LogP) is 3.12. The number of rotatable bonds is 5. The second kappa shape index (κ2) is 8.24. The van der Waals surface area contributed by atoms with Gasteiger partial charge in [0, 0.05) is 30.2 Å². The van der Waals surface area contributed by atoms with E-state index in [1.807, 2.05) is 6.07 Å². The molecule has 6 nitrogen and oxygen atoms in total. The van der Waals surface area contributed by atoms with Gasteiger partial charge in [0.05, 0.1) is 6.21 Å². The van der Waals surface area contributed by atoms with Crippen LogP contribution in [0.4, 0.5) is 0 Å². The summed E-state index contributed by atoms with van der Waals surface area (Å²) in [6, 6.07) is 15.7. The molecule has 0 saturated heterocycles. The zero-order chi connectivity index (χ0) is 17.5. The summed E-state index contributed by atoms with van der Waals surface area (Å²) in [5, 5.41) is 19.5. The van der Waals surface area contributed by atoms with Gasteiger partial charge >= 0.3 is 0 Å². The summed E-state index contributed by atoms with van der Waals surface area (Å²) in [5.74, 6) is -0.313. The molecular weight excluding hydrogens is 328 g/mol. The van der Waals surface area contributed by atoms with Gasteiger partial charge in [0.1, 0.15) is 5.71 Å². The number of nitrogens with zero attached hydrogens (tertiary/aromatic N) is 4. The van der Waals surface area contributed by atoms with Crippen LogP contribution in [-0.4, -0.2) is 47.3 Å². The van der Waals surface area contributed by atoms with Crippen LogP contribution in [0.25, 0.3) is 0 Å². The summed E-state index contributed by atoms with van der Waals surface area (Å²) >= 11 is 5.99. The monoisotopic (exact) mass is 344 g/mol. The van der Waals surface area contributed by atoms with Crippen molar-refractivity contribution in [2.45, 2.75) is 0 Å². The van der Waals surface area contributed by atoms with Gasteiger partial charge in [0.25, 0.3) is 5.91 Å². The van der Waals surface area contributed by atoms with Crippen LogP contribution >= 0.6 is 11.6 Å². The summed E-state index contributed by atoms with van der Waals surface area (Å²) in [6.45, 7) is 0. The van der Waals surface area contributed by atoms with Gasteiger partial charge in [0.15, 0.2) is 0 Å². The third kappa shape index (κ3) is 4.41. The smallest absolute Gasteiger partial charge is 0.289 e. The number of oxime groups is 1. The molecule has 2 aromatic rings. The lowest BCUT2D eigenvalue weighted by atomic mass is 10.1. The molecule has 0 fully saturated rings. The summed E-state index contributed by atoms with van der Waals surface area (Å²) in [7, 11) is 3.38. The van der Waals surface area contributed by atoms with Crippen molar-refractivity contribution in [3.63, 3.8) is 0 Å². The number of hydrogen-bond donors (Lipinski definition) is 1. The van der Waals surface area contributed by atoms with Crippen molar-refractivity contribution in [3.05, 3.63) is 70.7 Å². The second-order valence-corrected chi connectivity index (χ2v) is 5.48. The molecule has 0 unspecified atom stereocenters. The van der Waals surface area contributed by atoms with Gasteiger partial charge in [0.2, 0.25) is 0 Å². The van der Waals surface area contributed by atoms with Gasteiger partial charge in [-0.05, 0) is 24.3 Å². The average molecular weight is 345 g/mol. The van der Waals surface area contributed by atoms with E-state index in [1.165, 1.54) is 10.1 Å². The Morgan fingerprint density at radius 2 is 1.75 bits per heavy atom. The maximum absolute atomic E-state index is 12.7. The van der Waals surface area contributed by atoms with Crippen molar-refractivity contribution >= 4 is 29.4 Å². The fraction of sp³-hybridized carbons (Fsp3) is 0.118. The van der Waals surface area contributed by atoms with Gasteiger partial charge < -0.3 is 5.21 Å². The minimum atomic E-state index is -0.313. The molecule has 0 bridgehead atoms. The van der Waals surface area contributed by atoms with E-state index >= 15 is 0 Å². The first-order valence-corrected chi connectivity index (χ1v) is 7.49. The highest BCUT2D eigenvalue weighted by molar-refractivity contribution is 6.39. The lowest BCUT2D eigenvalue weighted by molar-refractivity contribution is 0.0217. The van der Waals surface area contributed by atoms with Crippen molar-refractivity contribution in [2.75, 3.05) is 14.1 Å². The maximum Gasteiger partial charge on any atom is 0.289 e. The first-order chi connectivity index (χ1) is 11.5.